The monoisotopic (exact) mass is 505 g/mol. The normalized spacial score (nSPS) is 15.4. The van der Waals surface area contributed by atoms with Crippen LogP contribution in [0.4, 0.5) is 5.69 Å². The van der Waals surface area contributed by atoms with E-state index in [1.165, 1.54) is 5.69 Å². The number of rotatable bonds is 13. The number of nitrogens with zero attached hydrogens (tertiary/aromatic N) is 6. The van der Waals surface area contributed by atoms with Crippen LogP contribution in [-0.4, -0.2) is 63.0 Å². The van der Waals surface area contributed by atoms with Crippen molar-refractivity contribution in [2.45, 2.75) is 31.2 Å². The molecule has 36 heavy (non-hydrogen) atoms. The van der Waals surface area contributed by atoms with E-state index < -0.39 is 0 Å². The summed E-state index contributed by atoms with van der Waals surface area (Å²) in [7, 11) is 0. The number of hydrogen-bond acceptors (Lipinski definition) is 9. The van der Waals surface area contributed by atoms with Gasteiger partial charge in [-0.3, -0.25) is 0 Å². The van der Waals surface area contributed by atoms with Gasteiger partial charge in [0.2, 0.25) is 11.8 Å². The van der Waals surface area contributed by atoms with Crippen molar-refractivity contribution in [1.82, 2.24) is 30.3 Å². The van der Waals surface area contributed by atoms with Crippen LogP contribution in [0.2, 0.25) is 0 Å². The summed E-state index contributed by atoms with van der Waals surface area (Å²) in [5, 5.41) is 19.8. The average Bonchev–Trinajstić information content (AvgIpc) is 3.70. The van der Waals surface area contributed by atoms with E-state index in [0.29, 0.717) is 30.2 Å². The summed E-state index contributed by atoms with van der Waals surface area (Å²) < 4.78 is 13.6. The van der Waals surface area contributed by atoms with Gasteiger partial charge in [0.05, 0.1) is 12.4 Å². The zero-order valence-corrected chi connectivity index (χ0v) is 21.0. The molecule has 0 bridgehead atoms. The fourth-order valence-electron chi connectivity index (χ4n) is 4.20. The molecule has 0 radical (unpaired) electrons. The summed E-state index contributed by atoms with van der Waals surface area (Å²) in [5.74, 6) is 3.62. The summed E-state index contributed by atoms with van der Waals surface area (Å²) in [4.78, 5) is 2.43. The second-order valence-electron chi connectivity index (χ2n) is 8.70. The standard InChI is InChI=1S/C26H31N7O2S/c1-2-5-24(6-3-1)34-15-16-36-18-25-30-31-26(35-25)21-7-9-23(10-8-21)33-14-11-22(17-33)27-12-4-13-32-19-28-29-20-32/h1-3,5-10,19-20,22,27H,4,11-18H2. The summed E-state index contributed by atoms with van der Waals surface area (Å²) in [6, 6.07) is 18.8. The molecular weight excluding hydrogens is 474 g/mol. The van der Waals surface area contributed by atoms with Crippen LogP contribution in [0.3, 0.4) is 0 Å². The van der Waals surface area contributed by atoms with Gasteiger partial charge in [-0.05, 0) is 55.8 Å². The molecule has 0 aliphatic carbocycles. The highest BCUT2D eigenvalue weighted by atomic mass is 32.2. The van der Waals surface area contributed by atoms with Gasteiger partial charge in [-0.1, -0.05) is 18.2 Å². The van der Waals surface area contributed by atoms with E-state index in [9.17, 15) is 0 Å². The lowest BCUT2D eigenvalue weighted by molar-refractivity contribution is 0.344. The van der Waals surface area contributed by atoms with Crippen molar-refractivity contribution in [3.8, 4) is 17.2 Å². The Morgan fingerprint density at radius 1 is 1.03 bits per heavy atom. The highest BCUT2D eigenvalue weighted by Crippen LogP contribution is 2.25. The fraction of sp³-hybridized carbons (Fsp3) is 0.385. The van der Waals surface area contributed by atoms with Gasteiger partial charge in [-0.25, -0.2) is 0 Å². The molecule has 1 saturated heterocycles. The van der Waals surface area contributed by atoms with Gasteiger partial charge in [0.1, 0.15) is 18.4 Å². The number of benzene rings is 2. The Hall–Kier alpha value is -3.37. The molecule has 1 aliphatic rings. The molecule has 0 amide bonds. The quantitative estimate of drug-likeness (QED) is 0.272. The van der Waals surface area contributed by atoms with Crippen LogP contribution in [0, 0.1) is 0 Å². The second kappa shape index (κ2) is 12.5. The minimum absolute atomic E-state index is 0.514. The second-order valence-corrected chi connectivity index (χ2v) is 9.81. The van der Waals surface area contributed by atoms with Crippen LogP contribution in [0.25, 0.3) is 11.5 Å². The number of anilines is 1. The topological polar surface area (TPSA) is 94.1 Å². The third kappa shape index (κ3) is 6.86. The van der Waals surface area contributed by atoms with Crippen LogP contribution in [-0.2, 0) is 12.3 Å². The van der Waals surface area contributed by atoms with Crippen LogP contribution < -0.4 is 15.0 Å². The molecular formula is C26H31N7O2S. The number of nitrogens with one attached hydrogen (secondary N) is 1. The number of thioether (sulfide) groups is 1. The first-order valence-electron chi connectivity index (χ1n) is 12.3. The van der Waals surface area contributed by atoms with E-state index in [1.807, 2.05) is 34.9 Å². The molecule has 1 aliphatic heterocycles. The molecule has 0 saturated carbocycles. The highest BCUT2D eigenvalue weighted by Gasteiger charge is 2.22. The highest BCUT2D eigenvalue weighted by molar-refractivity contribution is 7.98. The third-order valence-electron chi connectivity index (χ3n) is 6.09. The van der Waals surface area contributed by atoms with Gasteiger partial charge >= 0.3 is 0 Å². The van der Waals surface area contributed by atoms with Crippen molar-refractivity contribution >= 4 is 17.4 Å². The third-order valence-corrected chi connectivity index (χ3v) is 7.00. The molecule has 1 N–H and O–H groups in total. The van der Waals surface area contributed by atoms with E-state index in [1.54, 1.807) is 24.4 Å². The number of aromatic nitrogens is 5. The van der Waals surface area contributed by atoms with Crippen molar-refractivity contribution in [3.05, 3.63) is 73.1 Å². The Morgan fingerprint density at radius 2 is 1.86 bits per heavy atom. The first-order valence-corrected chi connectivity index (χ1v) is 13.5. The fourth-order valence-corrected chi connectivity index (χ4v) is 4.84. The number of hydrogen-bond donors (Lipinski definition) is 1. The molecule has 2 aromatic carbocycles. The van der Waals surface area contributed by atoms with E-state index in [0.717, 1.165) is 56.1 Å². The maximum atomic E-state index is 5.88. The number of ether oxygens (including phenoxy) is 1. The summed E-state index contributed by atoms with van der Waals surface area (Å²) in [6.45, 7) is 4.65. The SMILES string of the molecule is c1ccc(OCCSCc2nnc(-c3ccc(N4CCC(NCCCn5cnnc5)C4)cc3)o2)cc1. The lowest BCUT2D eigenvalue weighted by atomic mass is 10.2. The van der Waals surface area contributed by atoms with Crippen LogP contribution >= 0.6 is 11.8 Å². The predicted octanol–water partition coefficient (Wildman–Crippen LogP) is 3.90. The molecule has 1 atom stereocenters. The van der Waals surface area contributed by atoms with Gasteiger partial charge in [0, 0.05) is 42.7 Å². The first-order chi connectivity index (χ1) is 17.8. The molecule has 1 fully saturated rings. The van der Waals surface area contributed by atoms with E-state index >= 15 is 0 Å². The largest absolute Gasteiger partial charge is 0.493 e. The van der Waals surface area contributed by atoms with E-state index in [4.69, 9.17) is 9.15 Å². The Morgan fingerprint density at radius 3 is 2.69 bits per heavy atom. The Kier molecular flexibility index (Phi) is 8.48. The molecule has 188 valence electrons. The van der Waals surface area contributed by atoms with E-state index in [-0.39, 0.29) is 0 Å². The van der Waals surface area contributed by atoms with Gasteiger partial charge in [0.15, 0.2) is 0 Å². The zero-order chi connectivity index (χ0) is 24.4. The minimum atomic E-state index is 0.514. The molecule has 4 aromatic rings. The molecule has 10 heteroatoms. The van der Waals surface area contributed by atoms with Crippen molar-refractivity contribution in [3.63, 3.8) is 0 Å². The predicted molar refractivity (Wildman–Crippen MR) is 141 cm³/mol. The number of para-hydroxylation sites is 1. The molecule has 3 heterocycles. The van der Waals surface area contributed by atoms with Crippen LogP contribution in [0.15, 0.2) is 71.7 Å². The zero-order valence-electron chi connectivity index (χ0n) is 20.2. The van der Waals surface area contributed by atoms with Crippen molar-refractivity contribution < 1.29 is 9.15 Å². The van der Waals surface area contributed by atoms with Gasteiger partial charge in [-0.2, -0.15) is 0 Å². The average molecular weight is 506 g/mol. The van der Waals surface area contributed by atoms with Gasteiger partial charge < -0.3 is 23.9 Å². The summed E-state index contributed by atoms with van der Waals surface area (Å²) >= 11 is 1.72. The van der Waals surface area contributed by atoms with Gasteiger partial charge in [0.25, 0.3) is 0 Å². The molecule has 9 nitrogen and oxygen atoms in total. The van der Waals surface area contributed by atoms with Gasteiger partial charge in [-0.15, -0.1) is 32.2 Å². The van der Waals surface area contributed by atoms with Crippen molar-refractivity contribution in [1.29, 1.82) is 0 Å². The molecule has 5 rings (SSSR count). The smallest absolute Gasteiger partial charge is 0.247 e. The molecule has 2 aromatic heterocycles. The summed E-state index contributed by atoms with van der Waals surface area (Å²) in [6.07, 6.45) is 5.74. The maximum absolute atomic E-state index is 5.88. The van der Waals surface area contributed by atoms with E-state index in [2.05, 4.69) is 54.9 Å². The summed E-state index contributed by atoms with van der Waals surface area (Å²) in [5.41, 5.74) is 2.17. The Balaban J connectivity index is 1.02. The molecule has 1 unspecified atom stereocenters. The first kappa shape index (κ1) is 24.3. The van der Waals surface area contributed by atoms with Crippen LogP contribution in [0.5, 0.6) is 5.75 Å². The Bertz CT molecular complexity index is 1170. The Labute approximate surface area is 215 Å². The van der Waals surface area contributed by atoms with Crippen molar-refractivity contribution in [2.75, 3.05) is 36.9 Å². The lowest BCUT2D eigenvalue weighted by Crippen LogP contribution is -2.33. The number of aryl methyl sites for hydroxylation is 1. The minimum Gasteiger partial charge on any atom is -0.493 e. The lowest BCUT2D eigenvalue weighted by Gasteiger charge is -2.19. The van der Waals surface area contributed by atoms with Crippen molar-refractivity contribution in [2.24, 2.45) is 0 Å². The molecule has 0 spiro atoms. The maximum Gasteiger partial charge on any atom is 0.247 e. The van der Waals surface area contributed by atoms with Crippen LogP contribution in [0.1, 0.15) is 18.7 Å².